The van der Waals surface area contributed by atoms with Gasteiger partial charge in [-0.15, -0.1) is 0 Å². The fraction of sp³-hybridized carbons (Fsp3) is 0.950. The van der Waals surface area contributed by atoms with Gasteiger partial charge in [-0.25, -0.2) is 0 Å². The average Bonchev–Trinajstić information content (AvgIpc) is 2.53. The van der Waals surface area contributed by atoms with Crippen molar-refractivity contribution in [1.29, 1.82) is 0 Å². The lowest BCUT2D eigenvalue weighted by atomic mass is 10.0. The number of unbranched alkanes of at least 4 members (excludes halogenated alkanes) is 15. The van der Waals surface area contributed by atoms with Gasteiger partial charge in [0.25, 0.3) is 0 Å². The Morgan fingerprint density at radius 1 is 0.652 bits per heavy atom. The molecule has 3 N–H and O–H groups in total. The second kappa shape index (κ2) is 19.5. The van der Waals surface area contributed by atoms with Gasteiger partial charge in [0, 0.05) is 0 Å². The van der Waals surface area contributed by atoms with E-state index in [4.69, 9.17) is 5.73 Å². The van der Waals surface area contributed by atoms with E-state index in [1.165, 1.54) is 96.3 Å². The third-order valence-corrected chi connectivity index (χ3v) is 4.51. The third kappa shape index (κ3) is 21.4. The second-order valence-corrected chi connectivity index (χ2v) is 6.95. The van der Waals surface area contributed by atoms with Crippen molar-refractivity contribution in [2.75, 3.05) is 13.1 Å². The molecule has 0 spiro atoms. The zero-order valence-electron chi connectivity index (χ0n) is 15.7. The third-order valence-electron chi connectivity index (χ3n) is 4.51. The molecule has 0 aromatic heterocycles. The van der Waals surface area contributed by atoms with Crippen LogP contribution in [0.3, 0.4) is 0 Å². The van der Waals surface area contributed by atoms with Gasteiger partial charge in [-0.2, -0.15) is 0 Å². The molecule has 0 radical (unpaired) electrons. The minimum atomic E-state index is -0.263. The number of amides is 1. The highest BCUT2D eigenvalue weighted by Crippen LogP contribution is 2.13. The normalized spacial score (nSPS) is 11.0. The second-order valence-electron chi connectivity index (χ2n) is 6.95. The zero-order chi connectivity index (χ0) is 17.0. The summed E-state index contributed by atoms with van der Waals surface area (Å²) in [7, 11) is 0. The van der Waals surface area contributed by atoms with E-state index < -0.39 is 0 Å². The Balaban J connectivity index is 2.96. The van der Waals surface area contributed by atoms with E-state index in [1.54, 1.807) is 0 Å². The van der Waals surface area contributed by atoms with Crippen LogP contribution in [0.1, 0.15) is 110 Å². The molecule has 3 heteroatoms. The van der Waals surface area contributed by atoms with E-state index in [0.717, 1.165) is 13.0 Å². The van der Waals surface area contributed by atoms with Crippen LogP contribution in [0.4, 0.5) is 0 Å². The summed E-state index contributed by atoms with van der Waals surface area (Å²) in [5, 5.41) is 3.06. The number of hydrogen-bond donors (Lipinski definition) is 2. The highest BCUT2D eigenvalue weighted by Gasteiger charge is 1.95. The first kappa shape index (κ1) is 22.4. The monoisotopic (exact) mass is 326 g/mol. The quantitative estimate of drug-likeness (QED) is 0.315. The fourth-order valence-electron chi connectivity index (χ4n) is 3.01. The molecule has 0 aromatic carbocycles. The minimum absolute atomic E-state index is 0.263. The Morgan fingerprint density at radius 2 is 1.00 bits per heavy atom. The Hall–Kier alpha value is -0.570. The number of carbonyl (C=O) groups excluding carboxylic acids is 1. The highest BCUT2D eigenvalue weighted by atomic mass is 16.1. The molecule has 0 bridgehead atoms. The smallest absolute Gasteiger partial charge is 0.231 e. The summed E-state index contributed by atoms with van der Waals surface area (Å²) in [5.74, 6) is -0.263. The van der Waals surface area contributed by atoms with E-state index in [0.29, 0.717) is 6.54 Å². The molecule has 138 valence electrons. The lowest BCUT2D eigenvalue weighted by molar-refractivity contribution is -0.117. The lowest BCUT2D eigenvalue weighted by Gasteiger charge is -2.04. The van der Waals surface area contributed by atoms with Gasteiger partial charge in [-0.3, -0.25) is 4.79 Å². The van der Waals surface area contributed by atoms with E-state index in [2.05, 4.69) is 12.2 Å². The Kier molecular flexibility index (Phi) is 19.0. The summed E-state index contributed by atoms with van der Waals surface area (Å²) < 4.78 is 0. The number of hydrogen-bond acceptors (Lipinski definition) is 2. The average molecular weight is 327 g/mol. The van der Waals surface area contributed by atoms with E-state index in [-0.39, 0.29) is 5.91 Å². The standard InChI is InChI=1S/C20H42N2O/c1-2-3-4-5-6-7-8-9-10-11-12-13-14-15-16-17-18-22-19-20(21)23/h22H,2-19H2,1H3,(H2,21,23). The van der Waals surface area contributed by atoms with Crippen LogP contribution in [-0.2, 0) is 4.79 Å². The van der Waals surface area contributed by atoms with Crippen molar-refractivity contribution in [3.05, 3.63) is 0 Å². The zero-order valence-corrected chi connectivity index (χ0v) is 15.7. The van der Waals surface area contributed by atoms with Crippen molar-refractivity contribution in [1.82, 2.24) is 5.32 Å². The molecular formula is C20H42N2O. The maximum Gasteiger partial charge on any atom is 0.231 e. The summed E-state index contributed by atoms with van der Waals surface area (Å²) in [6, 6.07) is 0. The van der Waals surface area contributed by atoms with Gasteiger partial charge in [0.15, 0.2) is 0 Å². The van der Waals surface area contributed by atoms with E-state index in [9.17, 15) is 4.79 Å². The van der Waals surface area contributed by atoms with Crippen LogP contribution in [0.15, 0.2) is 0 Å². The predicted molar refractivity (Wildman–Crippen MR) is 102 cm³/mol. The Labute approximate surface area is 145 Å². The first-order valence-electron chi connectivity index (χ1n) is 10.3. The van der Waals surface area contributed by atoms with Crippen LogP contribution < -0.4 is 11.1 Å². The maximum absolute atomic E-state index is 10.5. The molecule has 0 rings (SSSR count). The van der Waals surface area contributed by atoms with Crippen LogP contribution in [0.25, 0.3) is 0 Å². The fourth-order valence-corrected chi connectivity index (χ4v) is 3.01. The molecule has 0 aromatic rings. The molecule has 0 atom stereocenters. The summed E-state index contributed by atoms with van der Waals surface area (Å²) >= 11 is 0. The Bertz CT molecular complexity index is 244. The van der Waals surface area contributed by atoms with Gasteiger partial charge >= 0.3 is 0 Å². The molecule has 0 saturated heterocycles. The lowest BCUT2D eigenvalue weighted by Crippen LogP contribution is -2.29. The highest BCUT2D eigenvalue weighted by molar-refractivity contribution is 5.75. The maximum atomic E-state index is 10.5. The topological polar surface area (TPSA) is 55.1 Å². The van der Waals surface area contributed by atoms with Gasteiger partial charge in [0.1, 0.15) is 0 Å². The van der Waals surface area contributed by atoms with Crippen molar-refractivity contribution in [3.63, 3.8) is 0 Å². The number of nitrogens with two attached hydrogens (primary N) is 1. The summed E-state index contributed by atoms with van der Waals surface area (Å²) in [6.07, 6.45) is 22.3. The molecule has 0 aliphatic carbocycles. The molecule has 0 saturated carbocycles. The summed E-state index contributed by atoms with van der Waals surface area (Å²) in [4.78, 5) is 10.5. The van der Waals surface area contributed by atoms with Crippen molar-refractivity contribution < 1.29 is 4.79 Å². The van der Waals surface area contributed by atoms with E-state index >= 15 is 0 Å². The van der Waals surface area contributed by atoms with Crippen LogP contribution in [-0.4, -0.2) is 19.0 Å². The van der Waals surface area contributed by atoms with Gasteiger partial charge in [-0.05, 0) is 13.0 Å². The number of carbonyl (C=O) groups is 1. The predicted octanol–water partition coefficient (Wildman–Crippen LogP) is 5.32. The molecule has 0 aliphatic heterocycles. The molecule has 0 aliphatic rings. The van der Waals surface area contributed by atoms with Crippen LogP contribution in [0.5, 0.6) is 0 Å². The minimum Gasteiger partial charge on any atom is -0.369 e. The first-order chi connectivity index (χ1) is 11.3. The molecule has 23 heavy (non-hydrogen) atoms. The molecule has 0 unspecified atom stereocenters. The number of primary amides is 1. The molecule has 0 heterocycles. The SMILES string of the molecule is CCCCCCCCCCCCCCCCCCNCC(N)=O. The Morgan fingerprint density at radius 3 is 1.35 bits per heavy atom. The summed E-state index contributed by atoms with van der Waals surface area (Å²) in [6.45, 7) is 3.52. The molecule has 0 fully saturated rings. The van der Waals surface area contributed by atoms with Gasteiger partial charge < -0.3 is 11.1 Å². The van der Waals surface area contributed by atoms with Gasteiger partial charge in [0.05, 0.1) is 6.54 Å². The molecular weight excluding hydrogens is 284 g/mol. The molecule has 3 nitrogen and oxygen atoms in total. The van der Waals surface area contributed by atoms with E-state index in [1.807, 2.05) is 0 Å². The van der Waals surface area contributed by atoms with Gasteiger partial charge in [0.2, 0.25) is 5.91 Å². The van der Waals surface area contributed by atoms with Crippen LogP contribution in [0, 0.1) is 0 Å². The van der Waals surface area contributed by atoms with Crippen molar-refractivity contribution >= 4 is 5.91 Å². The number of rotatable bonds is 19. The van der Waals surface area contributed by atoms with Crippen molar-refractivity contribution in [2.24, 2.45) is 5.73 Å². The van der Waals surface area contributed by atoms with Gasteiger partial charge in [-0.1, -0.05) is 103 Å². The summed E-state index contributed by atoms with van der Waals surface area (Å²) in [5.41, 5.74) is 5.06. The van der Waals surface area contributed by atoms with Crippen LogP contribution in [0.2, 0.25) is 0 Å². The van der Waals surface area contributed by atoms with Crippen molar-refractivity contribution in [2.45, 2.75) is 110 Å². The first-order valence-corrected chi connectivity index (χ1v) is 10.3. The number of nitrogens with one attached hydrogen (secondary N) is 1. The largest absolute Gasteiger partial charge is 0.369 e. The van der Waals surface area contributed by atoms with Crippen molar-refractivity contribution in [3.8, 4) is 0 Å². The molecule has 1 amide bonds. The van der Waals surface area contributed by atoms with Crippen LogP contribution >= 0.6 is 0 Å².